The summed E-state index contributed by atoms with van der Waals surface area (Å²) in [5.41, 5.74) is 2.33. The maximum Gasteiger partial charge on any atom is 0.132 e. The standard InChI is InChI=1S/C8H12N2S/c1-3-4-7-6(2)9-5-10-8(7)11/h5H,3-4H2,1-2H3,(H,9,10,11). The molecule has 0 atom stereocenters. The fourth-order valence-electron chi connectivity index (χ4n) is 1.06. The van der Waals surface area contributed by atoms with E-state index < -0.39 is 0 Å². The Kier molecular flexibility index (Phi) is 2.76. The van der Waals surface area contributed by atoms with Crippen molar-refractivity contribution in [2.75, 3.05) is 0 Å². The number of nitrogens with one attached hydrogen (secondary N) is 1. The molecule has 11 heavy (non-hydrogen) atoms. The van der Waals surface area contributed by atoms with Gasteiger partial charge in [0.2, 0.25) is 0 Å². The molecule has 3 heteroatoms. The van der Waals surface area contributed by atoms with Gasteiger partial charge in [0.05, 0.1) is 6.33 Å². The third-order valence-electron chi connectivity index (χ3n) is 1.67. The molecule has 0 spiro atoms. The first-order valence-electron chi connectivity index (χ1n) is 3.79. The Labute approximate surface area is 71.7 Å². The largest absolute Gasteiger partial charge is 0.350 e. The predicted molar refractivity (Wildman–Crippen MR) is 48.2 cm³/mol. The fourth-order valence-corrected chi connectivity index (χ4v) is 1.37. The number of hydrogen-bond donors (Lipinski definition) is 1. The van der Waals surface area contributed by atoms with Crippen LogP contribution < -0.4 is 0 Å². The summed E-state index contributed by atoms with van der Waals surface area (Å²) in [6, 6.07) is 0. The second-order valence-corrected chi connectivity index (χ2v) is 2.95. The lowest BCUT2D eigenvalue weighted by atomic mass is 10.1. The quantitative estimate of drug-likeness (QED) is 0.687. The van der Waals surface area contributed by atoms with E-state index in [1.807, 2.05) is 6.92 Å². The Morgan fingerprint density at radius 3 is 2.91 bits per heavy atom. The molecule has 0 fully saturated rings. The minimum Gasteiger partial charge on any atom is -0.350 e. The molecule has 0 aromatic carbocycles. The van der Waals surface area contributed by atoms with Crippen LogP contribution in [-0.2, 0) is 6.42 Å². The highest BCUT2D eigenvalue weighted by Gasteiger charge is 1.98. The molecule has 0 amide bonds. The summed E-state index contributed by atoms with van der Waals surface area (Å²) in [4.78, 5) is 7.07. The van der Waals surface area contributed by atoms with Crippen LogP contribution in [0.4, 0.5) is 0 Å². The van der Waals surface area contributed by atoms with Gasteiger partial charge in [-0.05, 0) is 13.3 Å². The first-order valence-corrected chi connectivity index (χ1v) is 4.19. The van der Waals surface area contributed by atoms with E-state index in [0.717, 1.165) is 23.2 Å². The Bertz CT molecular complexity index is 290. The van der Waals surface area contributed by atoms with Crippen LogP contribution in [0.25, 0.3) is 0 Å². The maximum atomic E-state index is 5.07. The first kappa shape index (κ1) is 8.40. The number of aryl methyl sites for hydroxylation is 1. The van der Waals surface area contributed by atoms with Gasteiger partial charge in [0, 0.05) is 11.3 Å². The average Bonchev–Trinajstić information content (AvgIpc) is 1.97. The monoisotopic (exact) mass is 168 g/mol. The molecule has 0 saturated heterocycles. The Morgan fingerprint density at radius 2 is 2.36 bits per heavy atom. The van der Waals surface area contributed by atoms with Crippen molar-refractivity contribution in [3.05, 3.63) is 22.2 Å². The number of aromatic amines is 1. The zero-order valence-corrected chi connectivity index (χ0v) is 7.66. The van der Waals surface area contributed by atoms with Crippen LogP contribution in [0.5, 0.6) is 0 Å². The summed E-state index contributed by atoms with van der Waals surface area (Å²) < 4.78 is 0.739. The van der Waals surface area contributed by atoms with E-state index in [1.54, 1.807) is 6.33 Å². The summed E-state index contributed by atoms with van der Waals surface area (Å²) in [5, 5.41) is 0. The van der Waals surface area contributed by atoms with Crippen molar-refractivity contribution in [3.8, 4) is 0 Å². The van der Waals surface area contributed by atoms with Crippen molar-refractivity contribution < 1.29 is 0 Å². The lowest BCUT2D eigenvalue weighted by molar-refractivity contribution is 0.876. The van der Waals surface area contributed by atoms with E-state index in [0.29, 0.717) is 0 Å². The van der Waals surface area contributed by atoms with E-state index in [4.69, 9.17) is 12.2 Å². The summed E-state index contributed by atoms with van der Waals surface area (Å²) >= 11 is 5.07. The molecule has 0 saturated carbocycles. The molecular weight excluding hydrogens is 156 g/mol. The molecule has 0 aliphatic rings. The van der Waals surface area contributed by atoms with Crippen LogP contribution >= 0.6 is 12.2 Å². The average molecular weight is 168 g/mol. The third-order valence-corrected chi connectivity index (χ3v) is 2.03. The van der Waals surface area contributed by atoms with Crippen molar-refractivity contribution in [1.29, 1.82) is 0 Å². The van der Waals surface area contributed by atoms with Crippen LogP contribution in [0.3, 0.4) is 0 Å². The topological polar surface area (TPSA) is 28.7 Å². The fraction of sp³-hybridized carbons (Fsp3) is 0.500. The number of rotatable bonds is 2. The van der Waals surface area contributed by atoms with Gasteiger partial charge < -0.3 is 4.98 Å². The van der Waals surface area contributed by atoms with Gasteiger partial charge in [-0.3, -0.25) is 0 Å². The van der Waals surface area contributed by atoms with Crippen molar-refractivity contribution in [2.45, 2.75) is 26.7 Å². The SMILES string of the molecule is CCCc1c(C)[nH]cnc1=S. The summed E-state index contributed by atoms with van der Waals surface area (Å²) in [6.45, 7) is 4.17. The normalized spacial score (nSPS) is 10.0. The third kappa shape index (κ3) is 1.87. The molecular formula is C8H12N2S. The van der Waals surface area contributed by atoms with E-state index >= 15 is 0 Å². The summed E-state index contributed by atoms with van der Waals surface area (Å²) in [6.07, 6.45) is 3.79. The van der Waals surface area contributed by atoms with E-state index in [2.05, 4.69) is 16.9 Å². The molecule has 1 aromatic rings. The number of hydrogen-bond acceptors (Lipinski definition) is 2. The zero-order chi connectivity index (χ0) is 8.27. The molecule has 0 bridgehead atoms. The molecule has 0 aliphatic heterocycles. The van der Waals surface area contributed by atoms with Crippen LogP contribution in [0, 0.1) is 11.6 Å². The van der Waals surface area contributed by atoms with Crippen LogP contribution in [-0.4, -0.2) is 9.97 Å². The molecule has 1 rings (SSSR count). The van der Waals surface area contributed by atoms with Gasteiger partial charge in [-0.25, -0.2) is 4.98 Å². The second kappa shape index (κ2) is 3.62. The highest BCUT2D eigenvalue weighted by molar-refractivity contribution is 7.71. The molecule has 2 nitrogen and oxygen atoms in total. The number of aromatic nitrogens is 2. The second-order valence-electron chi connectivity index (χ2n) is 2.56. The van der Waals surface area contributed by atoms with Crippen LogP contribution in [0.1, 0.15) is 24.6 Å². The summed E-state index contributed by atoms with van der Waals surface area (Å²) in [5.74, 6) is 0. The van der Waals surface area contributed by atoms with Crippen LogP contribution in [0.2, 0.25) is 0 Å². The maximum absolute atomic E-state index is 5.07. The lowest BCUT2D eigenvalue weighted by Gasteiger charge is -2.01. The predicted octanol–water partition coefficient (Wildman–Crippen LogP) is 2.40. The molecule has 60 valence electrons. The highest BCUT2D eigenvalue weighted by atomic mass is 32.1. The molecule has 1 aromatic heterocycles. The minimum absolute atomic E-state index is 0.739. The Morgan fingerprint density at radius 1 is 1.64 bits per heavy atom. The smallest absolute Gasteiger partial charge is 0.132 e. The van der Waals surface area contributed by atoms with Gasteiger partial charge >= 0.3 is 0 Å². The van der Waals surface area contributed by atoms with Gasteiger partial charge in [0.25, 0.3) is 0 Å². The van der Waals surface area contributed by atoms with Crippen molar-refractivity contribution in [2.24, 2.45) is 0 Å². The van der Waals surface area contributed by atoms with E-state index in [1.165, 1.54) is 5.56 Å². The molecule has 0 unspecified atom stereocenters. The van der Waals surface area contributed by atoms with Gasteiger partial charge in [0.1, 0.15) is 4.64 Å². The van der Waals surface area contributed by atoms with Crippen LogP contribution in [0.15, 0.2) is 6.33 Å². The molecule has 1 heterocycles. The first-order chi connectivity index (χ1) is 5.25. The summed E-state index contributed by atoms with van der Waals surface area (Å²) in [7, 11) is 0. The molecule has 0 radical (unpaired) electrons. The van der Waals surface area contributed by atoms with Gasteiger partial charge in [-0.1, -0.05) is 25.6 Å². The van der Waals surface area contributed by atoms with Crippen molar-refractivity contribution in [3.63, 3.8) is 0 Å². The van der Waals surface area contributed by atoms with Crippen molar-refractivity contribution in [1.82, 2.24) is 9.97 Å². The van der Waals surface area contributed by atoms with Gasteiger partial charge in [-0.15, -0.1) is 0 Å². The van der Waals surface area contributed by atoms with Gasteiger partial charge in [-0.2, -0.15) is 0 Å². The molecule has 1 N–H and O–H groups in total. The minimum atomic E-state index is 0.739. The number of H-pyrrole nitrogens is 1. The highest BCUT2D eigenvalue weighted by Crippen LogP contribution is 2.06. The van der Waals surface area contributed by atoms with Crippen molar-refractivity contribution >= 4 is 12.2 Å². The number of nitrogens with zero attached hydrogens (tertiary/aromatic N) is 1. The van der Waals surface area contributed by atoms with E-state index in [-0.39, 0.29) is 0 Å². The van der Waals surface area contributed by atoms with E-state index in [9.17, 15) is 0 Å². The molecule has 0 aliphatic carbocycles. The zero-order valence-electron chi connectivity index (χ0n) is 6.85. The lowest BCUT2D eigenvalue weighted by Crippen LogP contribution is -1.95. The Hall–Kier alpha value is -0.700. The van der Waals surface area contributed by atoms with Gasteiger partial charge in [0.15, 0.2) is 0 Å². The Balaban J connectivity index is 3.10.